The van der Waals surface area contributed by atoms with Gasteiger partial charge >= 0.3 is 22.4 Å². The molecule has 0 bridgehead atoms. The highest BCUT2D eigenvalue weighted by Crippen LogP contribution is 2.46. The van der Waals surface area contributed by atoms with Gasteiger partial charge in [0.05, 0.1) is 6.54 Å². The van der Waals surface area contributed by atoms with Gasteiger partial charge in [-0.2, -0.15) is 13.1 Å². The maximum absolute atomic E-state index is 14.4. The van der Waals surface area contributed by atoms with E-state index in [1.54, 1.807) is 25.7 Å². The molecule has 16 heteroatoms. The van der Waals surface area contributed by atoms with Gasteiger partial charge in [-0.1, -0.05) is 68.5 Å². The molecule has 2 aliphatic carbocycles. The van der Waals surface area contributed by atoms with Crippen LogP contribution in [0.3, 0.4) is 0 Å². The zero-order chi connectivity index (χ0) is 38.7. The fourth-order valence-corrected chi connectivity index (χ4v) is 9.14. The van der Waals surface area contributed by atoms with E-state index in [-0.39, 0.29) is 31.8 Å². The number of allylic oxidation sites excluding steroid dienone is 1. The van der Waals surface area contributed by atoms with Crippen molar-refractivity contribution in [3.63, 3.8) is 0 Å². The van der Waals surface area contributed by atoms with Crippen LogP contribution < -0.4 is 20.1 Å². The first-order valence-corrected chi connectivity index (χ1v) is 20.8. The minimum atomic E-state index is -4.24. The molecule has 1 aromatic carbocycles. The van der Waals surface area contributed by atoms with Crippen molar-refractivity contribution in [3.8, 4) is 0 Å². The molecule has 0 spiro atoms. The van der Waals surface area contributed by atoms with Crippen LogP contribution in [-0.2, 0) is 47.2 Å². The molecule has 5 atom stereocenters. The van der Waals surface area contributed by atoms with Crippen LogP contribution in [0.1, 0.15) is 109 Å². The Bertz CT molecular complexity index is 1710. The van der Waals surface area contributed by atoms with Gasteiger partial charge in [0.2, 0.25) is 11.8 Å². The molecule has 2 saturated carbocycles. The standard InChI is InChI=1S/C38H54N6O9S/c1-37(2,3)53-35(48)39-30-19-11-6-4-5-8-16-27-21-38(27,34(47)42-54(50,51)41-28-17-9-7-10-18-28)40-32(45)31-20-29(24-44(31)33(30)46)52-36(49)43-22-25-14-12-13-15-26(25)23-43/h8,12-16,27-31,41H,4-7,9-11,17-24H2,1-3H3,(H,39,48)(H,40,45)(H,42,47)/b16-8-/t27-,29-,30+,31+,38-/m1/s1. The lowest BCUT2D eigenvalue weighted by atomic mass is 9.96. The number of hydrogen-bond acceptors (Lipinski definition) is 9. The van der Waals surface area contributed by atoms with E-state index >= 15 is 0 Å². The second-order valence-electron chi connectivity index (χ2n) is 16.3. The molecule has 15 nitrogen and oxygen atoms in total. The fourth-order valence-electron chi connectivity index (χ4n) is 7.98. The summed E-state index contributed by atoms with van der Waals surface area (Å²) in [7, 11) is -4.24. The molecule has 3 fully saturated rings. The summed E-state index contributed by atoms with van der Waals surface area (Å²) in [5.74, 6) is -2.58. The zero-order valence-corrected chi connectivity index (χ0v) is 32.3. The Morgan fingerprint density at radius 3 is 2.30 bits per heavy atom. The number of nitrogens with zero attached hydrogens (tertiary/aromatic N) is 2. The second-order valence-corrected chi connectivity index (χ2v) is 17.7. The van der Waals surface area contributed by atoms with E-state index in [4.69, 9.17) is 9.47 Å². The Morgan fingerprint density at radius 1 is 0.944 bits per heavy atom. The van der Waals surface area contributed by atoms with Crippen LogP contribution in [0.15, 0.2) is 36.4 Å². The van der Waals surface area contributed by atoms with Crippen molar-refractivity contribution < 1.29 is 41.9 Å². The topological polar surface area (TPSA) is 193 Å². The molecule has 4 N–H and O–H groups in total. The first-order chi connectivity index (χ1) is 25.6. The third-order valence-corrected chi connectivity index (χ3v) is 12.0. The van der Waals surface area contributed by atoms with Crippen molar-refractivity contribution >= 4 is 40.1 Å². The highest BCUT2D eigenvalue weighted by atomic mass is 32.2. The van der Waals surface area contributed by atoms with Gasteiger partial charge in [-0.15, -0.1) is 0 Å². The molecule has 54 heavy (non-hydrogen) atoms. The number of nitrogens with one attached hydrogen (secondary N) is 4. The van der Waals surface area contributed by atoms with E-state index in [0.717, 1.165) is 43.2 Å². The molecule has 0 radical (unpaired) electrons. The number of alkyl carbamates (subject to hydrolysis) is 1. The molecule has 6 rings (SSSR count). The van der Waals surface area contributed by atoms with E-state index in [1.165, 1.54) is 4.90 Å². The van der Waals surface area contributed by atoms with E-state index < -0.39 is 75.4 Å². The quantitative estimate of drug-likeness (QED) is 0.313. The van der Waals surface area contributed by atoms with Crippen molar-refractivity contribution in [1.82, 2.24) is 29.9 Å². The maximum atomic E-state index is 14.4. The lowest BCUT2D eigenvalue weighted by Gasteiger charge is -2.30. The summed E-state index contributed by atoms with van der Waals surface area (Å²) in [6.45, 7) is 5.74. The molecule has 0 aromatic heterocycles. The predicted octanol–water partition coefficient (Wildman–Crippen LogP) is 3.68. The average molecular weight is 771 g/mol. The van der Waals surface area contributed by atoms with Crippen molar-refractivity contribution in [2.75, 3.05) is 6.54 Å². The van der Waals surface area contributed by atoms with Crippen LogP contribution in [0.5, 0.6) is 0 Å². The molecule has 1 aromatic rings. The summed E-state index contributed by atoms with van der Waals surface area (Å²) in [4.78, 5) is 71.8. The monoisotopic (exact) mass is 770 g/mol. The summed E-state index contributed by atoms with van der Waals surface area (Å²) in [6, 6.07) is 5.17. The van der Waals surface area contributed by atoms with Crippen molar-refractivity contribution in [3.05, 3.63) is 47.5 Å². The molecule has 5 aliphatic rings. The van der Waals surface area contributed by atoms with Crippen LogP contribution in [0.4, 0.5) is 9.59 Å². The first kappa shape index (κ1) is 39.5. The van der Waals surface area contributed by atoms with Gasteiger partial charge in [0, 0.05) is 31.5 Å². The number of carbonyl (C=O) groups is 5. The Hall–Kier alpha value is -4.18. The summed E-state index contributed by atoms with van der Waals surface area (Å²) in [5.41, 5.74) is -0.383. The zero-order valence-electron chi connectivity index (χ0n) is 31.4. The van der Waals surface area contributed by atoms with Crippen LogP contribution in [0.2, 0.25) is 0 Å². The number of carbonyl (C=O) groups excluding carboxylic acids is 5. The van der Waals surface area contributed by atoms with Crippen LogP contribution in [0.25, 0.3) is 0 Å². The van der Waals surface area contributed by atoms with Crippen LogP contribution in [0, 0.1) is 5.92 Å². The van der Waals surface area contributed by atoms with Gasteiger partial charge in [-0.05, 0) is 70.4 Å². The highest BCUT2D eigenvalue weighted by Gasteiger charge is 2.62. The minimum Gasteiger partial charge on any atom is -0.444 e. The summed E-state index contributed by atoms with van der Waals surface area (Å²) < 4.78 is 42.4. The normalized spacial score (nSPS) is 28.6. The fraction of sp³-hybridized carbons (Fsp3) is 0.658. The van der Waals surface area contributed by atoms with Crippen LogP contribution >= 0.6 is 0 Å². The van der Waals surface area contributed by atoms with Gasteiger partial charge < -0.3 is 25.0 Å². The molecule has 296 valence electrons. The lowest BCUT2D eigenvalue weighted by molar-refractivity contribution is -0.141. The average Bonchev–Trinajstić information content (AvgIpc) is 3.40. The van der Waals surface area contributed by atoms with Gasteiger partial charge in [-0.25, -0.2) is 14.3 Å². The number of benzene rings is 1. The Kier molecular flexibility index (Phi) is 11.9. The van der Waals surface area contributed by atoms with Crippen molar-refractivity contribution in [1.29, 1.82) is 0 Å². The smallest absolute Gasteiger partial charge is 0.410 e. The number of ether oxygens (including phenoxy) is 2. The molecular formula is C38H54N6O9S. The van der Waals surface area contributed by atoms with Gasteiger partial charge in [0.15, 0.2) is 0 Å². The molecule has 1 saturated heterocycles. The third kappa shape index (κ3) is 9.73. The van der Waals surface area contributed by atoms with E-state index in [2.05, 4.69) is 20.1 Å². The molecular weight excluding hydrogens is 717 g/mol. The van der Waals surface area contributed by atoms with Gasteiger partial charge in [-0.3, -0.25) is 19.3 Å². The first-order valence-electron chi connectivity index (χ1n) is 19.3. The second kappa shape index (κ2) is 16.3. The van der Waals surface area contributed by atoms with Crippen molar-refractivity contribution in [2.24, 2.45) is 5.92 Å². The van der Waals surface area contributed by atoms with E-state index in [0.29, 0.717) is 38.8 Å². The molecule has 3 heterocycles. The Labute approximate surface area is 317 Å². The van der Waals surface area contributed by atoms with Crippen LogP contribution in [-0.4, -0.2) is 90.0 Å². The van der Waals surface area contributed by atoms with Crippen molar-refractivity contribution in [2.45, 2.75) is 146 Å². The Morgan fingerprint density at radius 2 is 1.61 bits per heavy atom. The summed E-state index contributed by atoms with van der Waals surface area (Å²) in [6.07, 6.45) is 8.84. The number of fused-ring (bicyclic) bond motifs is 3. The van der Waals surface area contributed by atoms with Gasteiger partial charge in [0.1, 0.15) is 29.3 Å². The lowest BCUT2D eigenvalue weighted by Crippen LogP contribution is -2.59. The minimum absolute atomic E-state index is 0.0665. The highest BCUT2D eigenvalue weighted by molar-refractivity contribution is 7.88. The molecule has 3 aliphatic heterocycles. The number of amides is 5. The molecule has 0 unspecified atom stereocenters. The summed E-state index contributed by atoms with van der Waals surface area (Å²) >= 11 is 0. The largest absolute Gasteiger partial charge is 0.444 e. The SMILES string of the molecule is CC(C)(C)OC(=O)N[C@H]1CCCCC/C=C\[C@@H]2C[C@@]2(C(=O)NS(=O)(=O)NC2CCCCC2)NC(=O)[C@@H]2C[C@@H](OC(=O)N3Cc4ccccc4C3)CN2C1=O. The van der Waals surface area contributed by atoms with E-state index in [1.807, 2.05) is 36.4 Å². The Balaban J connectivity index is 1.23. The molecule has 5 amide bonds. The third-order valence-electron chi connectivity index (χ3n) is 10.9. The number of hydrogen-bond donors (Lipinski definition) is 4. The van der Waals surface area contributed by atoms with E-state index in [9.17, 15) is 32.4 Å². The number of rotatable bonds is 6. The predicted molar refractivity (Wildman–Crippen MR) is 198 cm³/mol. The summed E-state index contributed by atoms with van der Waals surface area (Å²) in [5, 5.41) is 5.54. The van der Waals surface area contributed by atoms with Gasteiger partial charge in [0.25, 0.3) is 5.91 Å². The maximum Gasteiger partial charge on any atom is 0.410 e.